The van der Waals surface area contributed by atoms with Gasteiger partial charge >= 0.3 is 0 Å². The Hall–Kier alpha value is -0.650. The van der Waals surface area contributed by atoms with Crippen LogP contribution >= 0.6 is 0 Å². The first-order valence-electron chi connectivity index (χ1n) is 4.41. The van der Waals surface area contributed by atoms with Gasteiger partial charge in [-0.1, -0.05) is 0 Å². The fourth-order valence-electron chi connectivity index (χ4n) is 1.57. The SMILES string of the molecule is CC(=O)N(C)C1CCCN(O)C1O. The normalized spacial score (nSPS) is 30.2. The van der Waals surface area contributed by atoms with E-state index in [2.05, 4.69) is 0 Å². The number of hydrogen-bond acceptors (Lipinski definition) is 4. The maximum atomic E-state index is 11.0. The molecule has 0 spiro atoms. The summed E-state index contributed by atoms with van der Waals surface area (Å²) in [6.45, 7) is 1.91. The zero-order valence-corrected chi connectivity index (χ0v) is 7.97. The number of hydroxylamine groups is 2. The Morgan fingerprint density at radius 1 is 1.62 bits per heavy atom. The molecule has 2 unspecified atom stereocenters. The van der Waals surface area contributed by atoms with Crippen LogP contribution in [0.25, 0.3) is 0 Å². The molecule has 1 rings (SSSR count). The van der Waals surface area contributed by atoms with E-state index in [9.17, 15) is 15.1 Å². The molecule has 13 heavy (non-hydrogen) atoms. The Kier molecular flexibility index (Phi) is 3.24. The molecule has 1 aliphatic rings. The van der Waals surface area contributed by atoms with Crippen LogP contribution in [0.2, 0.25) is 0 Å². The number of likely N-dealkylation sites (N-methyl/N-ethyl adjacent to an activating group) is 1. The first-order valence-corrected chi connectivity index (χ1v) is 4.41. The molecule has 2 atom stereocenters. The lowest BCUT2D eigenvalue weighted by molar-refractivity contribution is -0.231. The highest BCUT2D eigenvalue weighted by Crippen LogP contribution is 2.18. The Morgan fingerprint density at radius 2 is 2.23 bits per heavy atom. The molecule has 0 saturated carbocycles. The smallest absolute Gasteiger partial charge is 0.219 e. The number of hydrogen-bond donors (Lipinski definition) is 2. The van der Waals surface area contributed by atoms with Crippen molar-refractivity contribution < 1.29 is 15.1 Å². The van der Waals surface area contributed by atoms with Crippen molar-refractivity contribution in [3.05, 3.63) is 0 Å². The highest BCUT2D eigenvalue weighted by atomic mass is 16.5. The average Bonchev–Trinajstić information content (AvgIpc) is 2.08. The lowest BCUT2D eigenvalue weighted by Crippen LogP contribution is -2.54. The predicted octanol–water partition coefficient (Wildman–Crippen LogP) is -0.363. The molecule has 5 nitrogen and oxygen atoms in total. The number of rotatable bonds is 1. The first kappa shape index (κ1) is 10.4. The predicted molar refractivity (Wildman–Crippen MR) is 46.0 cm³/mol. The van der Waals surface area contributed by atoms with Gasteiger partial charge in [-0.15, -0.1) is 0 Å². The monoisotopic (exact) mass is 188 g/mol. The van der Waals surface area contributed by atoms with Crippen LogP contribution in [0.4, 0.5) is 0 Å². The van der Waals surface area contributed by atoms with Gasteiger partial charge in [-0.05, 0) is 12.8 Å². The van der Waals surface area contributed by atoms with Gasteiger partial charge in [-0.2, -0.15) is 5.06 Å². The van der Waals surface area contributed by atoms with E-state index in [-0.39, 0.29) is 11.9 Å². The third kappa shape index (κ3) is 2.18. The van der Waals surface area contributed by atoms with Gasteiger partial charge in [0.2, 0.25) is 5.91 Å². The lowest BCUT2D eigenvalue weighted by Gasteiger charge is -2.38. The Morgan fingerprint density at radius 3 is 2.77 bits per heavy atom. The van der Waals surface area contributed by atoms with E-state index in [1.165, 1.54) is 11.8 Å². The second kappa shape index (κ2) is 4.04. The minimum Gasteiger partial charge on any atom is -0.374 e. The van der Waals surface area contributed by atoms with Crippen LogP contribution in [0.5, 0.6) is 0 Å². The molecule has 2 N–H and O–H groups in total. The summed E-state index contributed by atoms with van der Waals surface area (Å²) in [6, 6.07) is -0.295. The maximum Gasteiger partial charge on any atom is 0.219 e. The van der Waals surface area contributed by atoms with Gasteiger partial charge in [-0.3, -0.25) is 4.79 Å². The lowest BCUT2D eigenvalue weighted by atomic mass is 10.0. The molecule has 1 fully saturated rings. The second-order valence-electron chi connectivity index (χ2n) is 3.42. The van der Waals surface area contributed by atoms with Crippen LogP contribution in [0.15, 0.2) is 0 Å². The van der Waals surface area contributed by atoms with Crippen molar-refractivity contribution in [2.45, 2.75) is 32.0 Å². The van der Waals surface area contributed by atoms with Gasteiger partial charge in [0.1, 0.15) is 6.23 Å². The largest absolute Gasteiger partial charge is 0.374 e. The summed E-state index contributed by atoms with van der Waals surface area (Å²) >= 11 is 0. The molecule has 76 valence electrons. The van der Waals surface area contributed by atoms with Crippen molar-refractivity contribution in [1.82, 2.24) is 9.96 Å². The number of carbonyl (C=O) groups is 1. The van der Waals surface area contributed by atoms with Gasteiger partial charge in [0.15, 0.2) is 0 Å². The molecule has 0 aromatic rings. The fourth-order valence-corrected chi connectivity index (χ4v) is 1.57. The molecule has 0 aromatic heterocycles. The zero-order valence-electron chi connectivity index (χ0n) is 7.97. The third-order valence-corrected chi connectivity index (χ3v) is 2.53. The minimum atomic E-state index is -0.956. The van der Waals surface area contributed by atoms with E-state index in [0.29, 0.717) is 6.54 Å². The third-order valence-electron chi connectivity index (χ3n) is 2.53. The van der Waals surface area contributed by atoms with Crippen LogP contribution in [0.3, 0.4) is 0 Å². The molecule has 5 heteroatoms. The first-order chi connectivity index (χ1) is 6.04. The number of aliphatic hydroxyl groups is 1. The molecule has 1 saturated heterocycles. The number of aliphatic hydroxyl groups excluding tert-OH is 1. The zero-order chi connectivity index (χ0) is 10.0. The van der Waals surface area contributed by atoms with E-state index < -0.39 is 6.23 Å². The van der Waals surface area contributed by atoms with E-state index in [0.717, 1.165) is 17.9 Å². The Labute approximate surface area is 77.5 Å². The number of nitrogens with zero attached hydrogens (tertiary/aromatic N) is 2. The van der Waals surface area contributed by atoms with Crippen LogP contribution < -0.4 is 0 Å². The standard InChI is InChI=1S/C8H16N2O3/c1-6(11)9(2)7-4-3-5-10(13)8(7)12/h7-8,12-13H,3-5H2,1-2H3. The van der Waals surface area contributed by atoms with Crippen molar-refractivity contribution >= 4 is 5.91 Å². The van der Waals surface area contributed by atoms with Crippen molar-refractivity contribution in [2.75, 3.05) is 13.6 Å². The summed E-state index contributed by atoms with van der Waals surface area (Å²) in [4.78, 5) is 12.5. The van der Waals surface area contributed by atoms with E-state index in [1.54, 1.807) is 7.05 Å². The molecular formula is C8H16N2O3. The summed E-state index contributed by atoms with van der Waals surface area (Å²) in [6.07, 6.45) is 0.562. The van der Waals surface area contributed by atoms with Crippen LogP contribution in [0.1, 0.15) is 19.8 Å². The van der Waals surface area contributed by atoms with Crippen LogP contribution in [-0.4, -0.2) is 52.0 Å². The molecule has 1 aliphatic heterocycles. The number of carbonyl (C=O) groups excluding carboxylic acids is 1. The molecule has 0 radical (unpaired) electrons. The van der Waals surface area contributed by atoms with Crippen molar-refractivity contribution in [3.8, 4) is 0 Å². The second-order valence-corrected chi connectivity index (χ2v) is 3.42. The number of amides is 1. The molecule has 1 heterocycles. The molecule has 0 aliphatic carbocycles. The summed E-state index contributed by atoms with van der Waals surface area (Å²) < 4.78 is 0. The van der Waals surface area contributed by atoms with Crippen LogP contribution in [0, 0.1) is 0 Å². The fraction of sp³-hybridized carbons (Fsp3) is 0.875. The van der Waals surface area contributed by atoms with Crippen molar-refractivity contribution in [3.63, 3.8) is 0 Å². The van der Waals surface area contributed by atoms with Gasteiger partial charge in [0.05, 0.1) is 6.04 Å². The summed E-state index contributed by atoms with van der Waals surface area (Å²) in [5.41, 5.74) is 0. The minimum absolute atomic E-state index is 0.0978. The van der Waals surface area contributed by atoms with Gasteiger partial charge in [-0.25, -0.2) is 0 Å². The quantitative estimate of drug-likeness (QED) is 0.589. The molecular weight excluding hydrogens is 172 g/mol. The Bertz CT molecular complexity index is 198. The van der Waals surface area contributed by atoms with E-state index >= 15 is 0 Å². The summed E-state index contributed by atoms with van der Waals surface area (Å²) in [5, 5.41) is 19.6. The average molecular weight is 188 g/mol. The number of piperidine rings is 1. The molecule has 0 bridgehead atoms. The van der Waals surface area contributed by atoms with Crippen molar-refractivity contribution in [1.29, 1.82) is 0 Å². The van der Waals surface area contributed by atoms with E-state index in [4.69, 9.17) is 0 Å². The Balaban J connectivity index is 2.62. The van der Waals surface area contributed by atoms with Crippen LogP contribution in [-0.2, 0) is 4.79 Å². The van der Waals surface area contributed by atoms with Crippen molar-refractivity contribution in [2.24, 2.45) is 0 Å². The highest BCUT2D eigenvalue weighted by Gasteiger charge is 2.32. The summed E-state index contributed by atoms with van der Waals surface area (Å²) in [7, 11) is 1.63. The maximum absolute atomic E-state index is 11.0. The van der Waals surface area contributed by atoms with Gasteiger partial charge < -0.3 is 15.2 Å². The van der Waals surface area contributed by atoms with Gasteiger partial charge in [0.25, 0.3) is 0 Å². The summed E-state index contributed by atoms with van der Waals surface area (Å²) in [5.74, 6) is -0.0978. The van der Waals surface area contributed by atoms with E-state index in [1.807, 2.05) is 0 Å². The highest BCUT2D eigenvalue weighted by molar-refractivity contribution is 5.73. The topological polar surface area (TPSA) is 64.0 Å². The molecule has 0 aromatic carbocycles. The van der Waals surface area contributed by atoms with Gasteiger partial charge in [0, 0.05) is 20.5 Å². The molecule has 1 amide bonds.